The lowest BCUT2D eigenvalue weighted by Gasteiger charge is -2.12. The molecule has 1 saturated heterocycles. The van der Waals surface area contributed by atoms with Gasteiger partial charge >= 0.3 is 6.09 Å². The van der Waals surface area contributed by atoms with Crippen LogP contribution >= 0.6 is 15.9 Å². The van der Waals surface area contributed by atoms with Crippen molar-refractivity contribution in [1.82, 2.24) is 15.1 Å². The van der Waals surface area contributed by atoms with Crippen molar-refractivity contribution in [2.45, 2.75) is 12.5 Å². The Morgan fingerprint density at radius 1 is 1.38 bits per heavy atom. The van der Waals surface area contributed by atoms with Crippen molar-refractivity contribution in [2.24, 2.45) is 7.05 Å². The number of anilines is 1. The molecule has 2 heterocycles. The highest BCUT2D eigenvalue weighted by molar-refractivity contribution is 9.10. The second-order valence-electron chi connectivity index (χ2n) is 5.54. The molecule has 1 aliphatic rings. The Labute approximate surface area is 147 Å². The fourth-order valence-electron chi connectivity index (χ4n) is 2.52. The van der Waals surface area contributed by atoms with Crippen molar-refractivity contribution >= 4 is 33.7 Å². The molecule has 8 heteroatoms. The summed E-state index contributed by atoms with van der Waals surface area (Å²) in [6, 6.07) is 9.32. The van der Waals surface area contributed by atoms with Crippen LogP contribution in [0.5, 0.6) is 0 Å². The van der Waals surface area contributed by atoms with E-state index in [1.54, 1.807) is 24.0 Å². The Hall–Kier alpha value is -2.35. The quantitative estimate of drug-likeness (QED) is 0.842. The van der Waals surface area contributed by atoms with Gasteiger partial charge in [-0.15, -0.1) is 0 Å². The predicted molar refractivity (Wildman–Crippen MR) is 91.7 cm³/mol. The Kier molecular flexibility index (Phi) is 4.84. The second-order valence-corrected chi connectivity index (χ2v) is 6.45. The minimum Gasteiger partial charge on any atom is -0.442 e. The van der Waals surface area contributed by atoms with Gasteiger partial charge in [0.2, 0.25) is 5.91 Å². The Bertz CT molecular complexity index is 744. The molecular weight excluding hydrogens is 376 g/mol. The van der Waals surface area contributed by atoms with Gasteiger partial charge < -0.3 is 10.1 Å². The van der Waals surface area contributed by atoms with Crippen molar-refractivity contribution in [3.63, 3.8) is 0 Å². The molecule has 24 heavy (non-hydrogen) atoms. The maximum atomic E-state index is 12.0. The molecule has 1 aliphatic heterocycles. The lowest BCUT2D eigenvalue weighted by Crippen LogP contribution is -2.35. The molecule has 1 fully saturated rings. The van der Waals surface area contributed by atoms with Gasteiger partial charge in [-0.3, -0.25) is 14.4 Å². The summed E-state index contributed by atoms with van der Waals surface area (Å²) in [4.78, 5) is 25.5. The van der Waals surface area contributed by atoms with Gasteiger partial charge in [0.1, 0.15) is 11.9 Å². The van der Waals surface area contributed by atoms with E-state index in [1.165, 1.54) is 4.90 Å². The molecular formula is C16H17BrN4O3. The summed E-state index contributed by atoms with van der Waals surface area (Å²) in [7, 11) is 1.76. The molecule has 2 amide bonds. The van der Waals surface area contributed by atoms with Crippen LogP contribution in [0.25, 0.3) is 0 Å². The first-order valence-corrected chi connectivity index (χ1v) is 8.29. The van der Waals surface area contributed by atoms with Gasteiger partial charge in [-0.2, -0.15) is 5.10 Å². The zero-order chi connectivity index (χ0) is 17.1. The number of amides is 2. The van der Waals surface area contributed by atoms with E-state index in [2.05, 4.69) is 26.3 Å². The zero-order valence-corrected chi connectivity index (χ0v) is 14.7. The topological polar surface area (TPSA) is 76.5 Å². The molecule has 1 atom stereocenters. The first kappa shape index (κ1) is 16.5. The standard InChI is InChI=1S/C16H17BrN4O3/c1-20-15(6-7-19-20)21-10-13(24-16(21)23)9-18-14(22)8-11-2-4-12(17)5-3-11/h2-7,13H,8-10H2,1H3,(H,18,22). The number of nitrogens with zero attached hydrogens (tertiary/aromatic N) is 3. The summed E-state index contributed by atoms with van der Waals surface area (Å²) in [5, 5.41) is 6.85. The molecule has 1 unspecified atom stereocenters. The van der Waals surface area contributed by atoms with Gasteiger partial charge in [-0.25, -0.2) is 4.79 Å². The van der Waals surface area contributed by atoms with Gasteiger partial charge in [0, 0.05) is 17.6 Å². The Morgan fingerprint density at radius 3 is 2.79 bits per heavy atom. The third-order valence-electron chi connectivity index (χ3n) is 3.75. The van der Waals surface area contributed by atoms with E-state index in [-0.39, 0.29) is 18.6 Å². The molecule has 126 valence electrons. The summed E-state index contributed by atoms with van der Waals surface area (Å²) in [6.45, 7) is 0.673. The van der Waals surface area contributed by atoms with Gasteiger partial charge in [-0.05, 0) is 17.7 Å². The van der Waals surface area contributed by atoms with E-state index in [1.807, 2.05) is 24.3 Å². The second kappa shape index (κ2) is 7.04. The van der Waals surface area contributed by atoms with E-state index in [0.29, 0.717) is 18.8 Å². The van der Waals surface area contributed by atoms with E-state index >= 15 is 0 Å². The maximum Gasteiger partial charge on any atom is 0.416 e. The number of hydrogen-bond donors (Lipinski definition) is 1. The molecule has 0 saturated carbocycles. The molecule has 1 aromatic heterocycles. The van der Waals surface area contributed by atoms with Gasteiger partial charge in [0.05, 0.1) is 25.7 Å². The number of ether oxygens (including phenoxy) is 1. The van der Waals surface area contributed by atoms with Crippen molar-refractivity contribution in [1.29, 1.82) is 0 Å². The van der Waals surface area contributed by atoms with Gasteiger partial charge in [-0.1, -0.05) is 28.1 Å². The fourth-order valence-corrected chi connectivity index (χ4v) is 2.79. The number of hydrogen-bond acceptors (Lipinski definition) is 4. The van der Waals surface area contributed by atoms with Crippen molar-refractivity contribution in [3.8, 4) is 0 Å². The summed E-state index contributed by atoms with van der Waals surface area (Å²) >= 11 is 3.36. The summed E-state index contributed by atoms with van der Waals surface area (Å²) in [5.74, 6) is 0.566. The fraction of sp³-hybridized carbons (Fsp3) is 0.312. The number of aromatic nitrogens is 2. The number of carbonyl (C=O) groups excluding carboxylic acids is 2. The summed E-state index contributed by atoms with van der Waals surface area (Å²) in [6.07, 6.45) is 1.11. The molecule has 2 aromatic rings. The first-order chi connectivity index (χ1) is 11.5. The number of halogens is 1. The van der Waals surface area contributed by atoms with Crippen molar-refractivity contribution < 1.29 is 14.3 Å². The SMILES string of the molecule is Cn1nccc1N1CC(CNC(=O)Cc2ccc(Br)cc2)OC1=O. The van der Waals surface area contributed by atoms with Crippen LogP contribution in [-0.4, -0.2) is 41.0 Å². The van der Waals surface area contributed by atoms with Crippen LogP contribution in [0.2, 0.25) is 0 Å². The zero-order valence-electron chi connectivity index (χ0n) is 13.1. The molecule has 1 aromatic carbocycles. The van der Waals surface area contributed by atoms with Crippen LogP contribution in [-0.2, 0) is 23.0 Å². The highest BCUT2D eigenvalue weighted by Gasteiger charge is 2.33. The van der Waals surface area contributed by atoms with E-state index in [9.17, 15) is 9.59 Å². The average Bonchev–Trinajstić information content (AvgIpc) is 3.13. The minimum absolute atomic E-state index is 0.104. The third-order valence-corrected chi connectivity index (χ3v) is 4.28. The summed E-state index contributed by atoms with van der Waals surface area (Å²) in [5.41, 5.74) is 0.927. The van der Waals surface area contributed by atoms with Crippen molar-refractivity contribution in [3.05, 3.63) is 46.6 Å². The van der Waals surface area contributed by atoms with Crippen LogP contribution < -0.4 is 10.2 Å². The largest absolute Gasteiger partial charge is 0.442 e. The number of rotatable bonds is 5. The highest BCUT2D eigenvalue weighted by Crippen LogP contribution is 2.20. The Morgan fingerprint density at radius 2 is 2.12 bits per heavy atom. The van der Waals surface area contributed by atoms with E-state index in [4.69, 9.17) is 4.74 Å². The van der Waals surface area contributed by atoms with E-state index < -0.39 is 6.09 Å². The highest BCUT2D eigenvalue weighted by atomic mass is 79.9. The molecule has 7 nitrogen and oxygen atoms in total. The summed E-state index contributed by atoms with van der Waals surface area (Å²) < 4.78 is 7.87. The van der Waals surface area contributed by atoms with Crippen LogP contribution in [0.1, 0.15) is 5.56 Å². The molecule has 0 aliphatic carbocycles. The van der Waals surface area contributed by atoms with Gasteiger partial charge in [0.15, 0.2) is 0 Å². The number of nitrogens with one attached hydrogen (secondary N) is 1. The van der Waals surface area contributed by atoms with Gasteiger partial charge in [0.25, 0.3) is 0 Å². The number of cyclic esters (lactones) is 1. The van der Waals surface area contributed by atoms with Crippen LogP contribution in [0.4, 0.5) is 10.6 Å². The lowest BCUT2D eigenvalue weighted by atomic mass is 10.1. The molecule has 0 radical (unpaired) electrons. The maximum absolute atomic E-state index is 12.0. The number of carbonyl (C=O) groups is 2. The first-order valence-electron chi connectivity index (χ1n) is 7.50. The Balaban J connectivity index is 1.50. The molecule has 0 bridgehead atoms. The normalized spacial score (nSPS) is 17.0. The third kappa shape index (κ3) is 3.76. The minimum atomic E-state index is -0.425. The average molecular weight is 393 g/mol. The van der Waals surface area contributed by atoms with Crippen LogP contribution in [0.15, 0.2) is 41.0 Å². The van der Waals surface area contributed by atoms with Crippen molar-refractivity contribution in [2.75, 3.05) is 18.0 Å². The number of aryl methyl sites for hydroxylation is 1. The predicted octanol–water partition coefficient (Wildman–Crippen LogP) is 1.87. The number of benzene rings is 1. The molecule has 3 rings (SSSR count). The van der Waals surface area contributed by atoms with Crippen LogP contribution in [0, 0.1) is 0 Å². The van der Waals surface area contributed by atoms with Crippen LogP contribution in [0.3, 0.4) is 0 Å². The molecule has 0 spiro atoms. The monoisotopic (exact) mass is 392 g/mol. The smallest absolute Gasteiger partial charge is 0.416 e. The van der Waals surface area contributed by atoms with E-state index in [0.717, 1.165) is 10.0 Å². The lowest BCUT2D eigenvalue weighted by molar-refractivity contribution is -0.120. The molecule has 1 N–H and O–H groups in total.